The van der Waals surface area contributed by atoms with Crippen molar-refractivity contribution in [3.05, 3.63) is 65.2 Å². The maximum atomic E-state index is 12.3. The Kier molecular flexibility index (Phi) is 4.22. The van der Waals surface area contributed by atoms with Crippen LogP contribution in [0.15, 0.2) is 48.5 Å². The molecular formula is C18H17NO. The van der Waals surface area contributed by atoms with Gasteiger partial charge in [-0.3, -0.25) is 4.79 Å². The first kappa shape index (κ1) is 13.9. The number of nitrogens with one attached hydrogen (secondary N) is 1. The summed E-state index contributed by atoms with van der Waals surface area (Å²) in [7, 11) is 0. The molecule has 0 aliphatic heterocycles. The van der Waals surface area contributed by atoms with Crippen LogP contribution in [0.1, 0.15) is 29.5 Å². The van der Waals surface area contributed by atoms with E-state index in [0.29, 0.717) is 11.3 Å². The molecule has 0 aliphatic rings. The number of benzene rings is 2. The zero-order chi connectivity index (χ0) is 14.5. The van der Waals surface area contributed by atoms with Crippen LogP contribution in [0.3, 0.4) is 0 Å². The van der Waals surface area contributed by atoms with E-state index < -0.39 is 0 Å². The summed E-state index contributed by atoms with van der Waals surface area (Å²) < 4.78 is 0. The summed E-state index contributed by atoms with van der Waals surface area (Å²) in [4.78, 5) is 12.3. The van der Waals surface area contributed by atoms with Crippen molar-refractivity contribution in [2.75, 3.05) is 5.32 Å². The molecule has 0 bridgehead atoms. The summed E-state index contributed by atoms with van der Waals surface area (Å²) in [6, 6.07) is 15.4. The Balaban J connectivity index is 2.19. The average Bonchev–Trinajstić information content (AvgIpc) is 2.49. The van der Waals surface area contributed by atoms with Crippen molar-refractivity contribution in [3.63, 3.8) is 0 Å². The van der Waals surface area contributed by atoms with E-state index >= 15 is 0 Å². The van der Waals surface area contributed by atoms with Crippen molar-refractivity contribution in [2.45, 2.75) is 19.8 Å². The fraction of sp³-hybridized carbons (Fsp3) is 0.167. The number of terminal acetylenes is 1. The second kappa shape index (κ2) is 6.08. The SMILES string of the molecule is C#Cc1cc(C)ccc1NC(=O)C(C)c1ccccc1. The van der Waals surface area contributed by atoms with E-state index in [1.54, 1.807) is 0 Å². The molecule has 2 aromatic rings. The van der Waals surface area contributed by atoms with Crippen LogP contribution < -0.4 is 5.32 Å². The fourth-order valence-corrected chi connectivity index (χ4v) is 2.02. The lowest BCUT2D eigenvalue weighted by Gasteiger charge is -2.14. The molecule has 1 atom stereocenters. The molecule has 1 N–H and O–H groups in total. The second-order valence-electron chi connectivity index (χ2n) is 4.81. The quantitative estimate of drug-likeness (QED) is 0.840. The van der Waals surface area contributed by atoms with Crippen LogP contribution in [0.25, 0.3) is 0 Å². The lowest BCUT2D eigenvalue weighted by atomic mass is 10.00. The number of carbonyl (C=O) groups excluding carboxylic acids is 1. The van der Waals surface area contributed by atoms with Gasteiger partial charge < -0.3 is 5.32 Å². The molecule has 1 amide bonds. The molecule has 2 nitrogen and oxygen atoms in total. The van der Waals surface area contributed by atoms with E-state index in [0.717, 1.165) is 11.1 Å². The summed E-state index contributed by atoms with van der Waals surface area (Å²) in [5, 5.41) is 2.91. The van der Waals surface area contributed by atoms with Gasteiger partial charge in [-0.2, -0.15) is 0 Å². The molecule has 2 heteroatoms. The van der Waals surface area contributed by atoms with Gasteiger partial charge in [0.2, 0.25) is 5.91 Å². The van der Waals surface area contributed by atoms with Crippen molar-refractivity contribution in [1.29, 1.82) is 0 Å². The maximum Gasteiger partial charge on any atom is 0.231 e. The normalized spacial score (nSPS) is 11.4. The zero-order valence-electron chi connectivity index (χ0n) is 11.7. The van der Waals surface area contributed by atoms with Crippen molar-refractivity contribution in [2.24, 2.45) is 0 Å². The predicted molar refractivity (Wildman–Crippen MR) is 82.6 cm³/mol. The van der Waals surface area contributed by atoms with Gasteiger partial charge in [0.05, 0.1) is 11.6 Å². The van der Waals surface area contributed by atoms with Gasteiger partial charge in [-0.05, 0) is 37.1 Å². The number of aryl methyl sites for hydroxylation is 1. The van der Waals surface area contributed by atoms with Crippen LogP contribution in [0.2, 0.25) is 0 Å². The number of hydrogen-bond acceptors (Lipinski definition) is 1. The lowest BCUT2D eigenvalue weighted by molar-refractivity contribution is -0.117. The molecule has 0 aromatic heterocycles. The van der Waals surface area contributed by atoms with Gasteiger partial charge in [0.1, 0.15) is 0 Å². The molecule has 0 saturated carbocycles. The Morgan fingerprint density at radius 1 is 1.20 bits per heavy atom. The molecular weight excluding hydrogens is 246 g/mol. The van der Waals surface area contributed by atoms with Crippen molar-refractivity contribution >= 4 is 11.6 Å². The third kappa shape index (κ3) is 3.07. The van der Waals surface area contributed by atoms with E-state index in [2.05, 4.69) is 11.2 Å². The van der Waals surface area contributed by atoms with Crippen LogP contribution in [0.4, 0.5) is 5.69 Å². The first-order chi connectivity index (χ1) is 9.61. The number of anilines is 1. The minimum absolute atomic E-state index is 0.0587. The fourth-order valence-electron chi connectivity index (χ4n) is 2.02. The van der Waals surface area contributed by atoms with E-state index in [1.165, 1.54) is 0 Å². The smallest absolute Gasteiger partial charge is 0.231 e. The van der Waals surface area contributed by atoms with E-state index in [-0.39, 0.29) is 11.8 Å². The molecule has 2 rings (SSSR count). The van der Waals surface area contributed by atoms with E-state index in [1.807, 2.05) is 62.4 Å². The van der Waals surface area contributed by atoms with Gasteiger partial charge in [-0.25, -0.2) is 0 Å². The minimum Gasteiger partial charge on any atom is -0.324 e. The Bertz CT molecular complexity index is 653. The van der Waals surface area contributed by atoms with Crippen molar-refractivity contribution in [3.8, 4) is 12.3 Å². The van der Waals surface area contributed by atoms with Gasteiger partial charge >= 0.3 is 0 Å². The largest absolute Gasteiger partial charge is 0.324 e. The highest BCUT2D eigenvalue weighted by atomic mass is 16.1. The minimum atomic E-state index is -0.219. The van der Waals surface area contributed by atoms with Crippen LogP contribution in [-0.2, 0) is 4.79 Å². The molecule has 2 aromatic carbocycles. The van der Waals surface area contributed by atoms with Gasteiger partial charge in [0, 0.05) is 5.56 Å². The van der Waals surface area contributed by atoms with E-state index in [9.17, 15) is 4.79 Å². The molecule has 1 unspecified atom stereocenters. The standard InChI is InChI=1S/C18H17NO/c1-4-15-12-13(2)10-11-17(15)19-18(20)14(3)16-8-6-5-7-9-16/h1,5-12,14H,2-3H3,(H,19,20). The highest BCUT2D eigenvalue weighted by Gasteiger charge is 2.15. The topological polar surface area (TPSA) is 29.1 Å². The number of amides is 1. The number of carbonyl (C=O) groups is 1. The van der Waals surface area contributed by atoms with Gasteiger partial charge in [0.25, 0.3) is 0 Å². The van der Waals surface area contributed by atoms with Crippen LogP contribution >= 0.6 is 0 Å². The van der Waals surface area contributed by atoms with Gasteiger partial charge in [-0.1, -0.05) is 42.3 Å². The Morgan fingerprint density at radius 2 is 1.90 bits per heavy atom. The first-order valence-corrected chi connectivity index (χ1v) is 6.55. The Morgan fingerprint density at radius 3 is 2.55 bits per heavy atom. The lowest BCUT2D eigenvalue weighted by Crippen LogP contribution is -2.19. The first-order valence-electron chi connectivity index (χ1n) is 6.55. The number of rotatable bonds is 3. The average molecular weight is 263 g/mol. The van der Waals surface area contributed by atoms with Crippen LogP contribution in [0.5, 0.6) is 0 Å². The second-order valence-corrected chi connectivity index (χ2v) is 4.81. The van der Waals surface area contributed by atoms with Gasteiger partial charge in [-0.15, -0.1) is 6.42 Å². The summed E-state index contributed by atoms with van der Waals surface area (Å²) >= 11 is 0. The van der Waals surface area contributed by atoms with Crippen LogP contribution in [-0.4, -0.2) is 5.91 Å². The molecule has 0 saturated heterocycles. The predicted octanol–water partition coefficient (Wildman–Crippen LogP) is 3.72. The molecule has 20 heavy (non-hydrogen) atoms. The molecule has 0 radical (unpaired) electrons. The Hall–Kier alpha value is -2.53. The molecule has 0 aliphatic carbocycles. The summed E-state index contributed by atoms with van der Waals surface area (Å²) in [5.41, 5.74) is 3.45. The van der Waals surface area contributed by atoms with Crippen LogP contribution in [0, 0.1) is 19.3 Å². The monoisotopic (exact) mass is 263 g/mol. The summed E-state index contributed by atoms with van der Waals surface area (Å²) in [6.45, 7) is 3.85. The number of hydrogen-bond donors (Lipinski definition) is 1. The third-order valence-corrected chi connectivity index (χ3v) is 3.28. The van der Waals surface area contributed by atoms with Crippen molar-refractivity contribution in [1.82, 2.24) is 0 Å². The highest BCUT2D eigenvalue weighted by Crippen LogP contribution is 2.20. The molecule has 100 valence electrons. The highest BCUT2D eigenvalue weighted by molar-refractivity contribution is 5.96. The molecule has 0 heterocycles. The molecule has 0 fully saturated rings. The third-order valence-electron chi connectivity index (χ3n) is 3.28. The van der Waals surface area contributed by atoms with Crippen molar-refractivity contribution < 1.29 is 4.79 Å². The van der Waals surface area contributed by atoms with E-state index in [4.69, 9.17) is 6.42 Å². The summed E-state index contributed by atoms with van der Waals surface area (Å²) in [6.07, 6.45) is 5.48. The summed E-state index contributed by atoms with van der Waals surface area (Å²) in [5.74, 6) is 2.33. The Labute approximate surface area is 119 Å². The maximum absolute atomic E-state index is 12.3. The van der Waals surface area contributed by atoms with Gasteiger partial charge in [0.15, 0.2) is 0 Å². The molecule has 0 spiro atoms. The zero-order valence-corrected chi connectivity index (χ0v) is 11.7.